The molecule has 0 amide bonds. The molecule has 0 aromatic heterocycles. The number of hydrogen-bond acceptors (Lipinski definition) is 3. The Kier molecular flexibility index (Phi) is 4.75. The Morgan fingerprint density at radius 3 is 2.50 bits per heavy atom. The normalized spacial score (nSPS) is 24.4. The fourth-order valence-electron chi connectivity index (χ4n) is 2.84. The third kappa shape index (κ3) is 3.01. The first-order valence-electron chi connectivity index (χ1n) is 6.83. The van der Waals surface area contributed by atoms with Crippen LogP contribution in [-0.4, -0.2) is 26.8 Å². The maximum absolute atomic E-state index is 13.8. The molecule has 1 N–H and O–H groups in total. The molecule has 3 nitrogen and oxygen atoms in total. The predicted molar refractivity (Wildman–Crippen MR) is 73.3 cm³/mol. The van der Waals surface area contributed by atoms with E-state index in [-0.39, 0.29) is 6.04 Å². The Hall–Kier alpha value is -1.01. The number of sulfone groups is 1. The van der Waals surface area contributed by atoms with E-state index >= 15 is 0 Å². The Bertz CT molecular complexity index is 575. The molecule has 112 valence electrons. The molecule has 1 fully saturated rings. The van der Waals surface area contributed by atoms with E-state index in [1.165, 1.54) is 0 Å². The predicted octanol–water partition coefficient (Wildman–Crippen LogP) is 2.66. The third-order valence-electron chi connectivity index (χ3n) is 3.92. The van der Waals surface area contributed by atoms with Gasteiger partial charge in [0.25, 0.3) is 0 Å². The molecular formula is C14H19F2NO2S. The maximum atomic E-state index is 13.8. The van der Waals surface area contributed by atoms with Gasteiger partial charge in [0.2, 0.25) is 0 Å². The molecule has 1 aromatic carbocycles. The van der Waals surface area contributed by atoms with Crippen LogP contribution >= 0.6 is 0 Å². The van der Waals surface area contributed by atoms with Gasteiger partial charge in [0.15, 0.2) is 9.84 Å². The molecule has 2 unspecified atom stereocenters. The van der Waals surface area contributed by atoms with Gasteiger partial charge in [-0.15, -0.1) is 0 Å². The monoisotopic (exact) mass is 303 g/mol. The van der Waals surface area contributed by atoms with Gasteiger partial charge >= 0.3 is 0 Å². The topological polar surface area (TPSA) is 46.2 Å². The summed E-state index contributed by atoms with van der Waals surface area (Å²) < 4.78 is 52.0. The second-order valence-corrected chi connectivity index (χ2v) is 7.33. The molecule has 6 heteroatoms. The summed E-state index contributed by atoms with van der Waals surface area (Å²) in [6.45, 7) is 0. The lowest BCUT2D eigenvalue weighted by Gasteiger charge is -2.24. The van der Waals surface area contributed by atoms with Crippen LogP contribution in [0.1, 0.15) is 32.1 Å². The minimum Gasteiger partial charge on any atom is -0.316 e. The Labute approximate surface area is 118 Å². The SMILES string of the molecule is CNC1CCCCCC1S(=O)(=O)c1ccc(F)cc1F. The van der Waals surface area contributed by atoms with E-state index in [0.29, 0.717) is 12.5 Å². The first-order chi connectivity index (χ1) is 9.46. The maximum Gasteiger partial charge on any atom is 0.185 e. The Balaban J connectivity index is 2.41. The summed E-state index contributed by atoms with van der Waals surface area (Å²) in [5, 5.41) is 2.37. The van der Waals surface area contributed by atoms with E-state index < -0.39 is 31.6 Å². The van der Waals surface area contributed by atoms with Gasteiger partial charge in [0.05, 0.1) is 5.25 Å². The van der Waals surface area contributed by atoms with Gasteiger partial charge in [-0.25, -0.2) is 17.2 Å². The molecule has 0 heterocycles. The van der Waals surface area contributed by atoms with Crippen LogP contribution in [0, 0.1) is 11.6 Å². The zero-order chi connectivity index (χ0) is 14.8. The average Bonchev–Trinajstić information content (AvgIpc) is 2.63. The summed E-state index contributed by atoms with van der Waals surface area (Å²) in [7, 11) is -2.08. The summed E-state index contributed by atoms with van der Waals surface area (Å²) in [5.74, 6) is -1.78. The number of nitrogens with one attached hydrogen (secondary N) is 1. The van der Waals surface area contributed by atoms with Gasteiger partial charge in [0, 0.05) is 12.1 Å². The van der Waals surface area contributed by atoms with E-state index in [2.05, 4.69) is 5.32 Å². The number of rotatable bonds is 3. The molecule has 0 spiro atoms. The van der Waals surface area contributed by atoms with Crippen molar-refractivity contribution >= 4 is 9.84 Å². The Morgan fingerprint density at radius 2 is 1.85 bits per heavy atom. The van der Waals surface area contributed by atoms with Crippen molar-refractivity contribution in [3.63, 3.8) is 0 Å². The first kappa shape index (κ1) is 15.4. The highest BCUT2D eigenvalue weighted by molar-refractivity contribution is 7.92. The number of benzene rings is 1. The minimum atomic E-state index is -3.80. The third-order valence-corrected chi connectivity index (χ3v) is 6.23. The van der Waals surface area contributed by atoms with E-state index in [1.807, 2.05) is 0 Å². The van der Waals surface area contributed by atoms with Crippen molar-refractivity contribution in [2.24, 2.45) is 0 Å². The van der Waals surface area contributed by atoms with Gasteiger partial charge in [0.1, 0.15) is 16.5 Å². The van der Waals surface area contributed by atoms with Crippen molar-refractivity contribution in [2.75, 3.05) is 7.05 Å². The van der Waals surface area contributed by atoms with Crippen LogP contribution < -0.4 is 5.32 Å². The molecule has 0 aliphatic heterocycles. The lowest BCUT2D eigenvalue weighted by atomic mass is 10.1. The zero-order valence-electron chi connectivity index (χ0n) is 11.4. The largest absolute Gasteiger partial charge is 0.316 e. The second-order valence-electron chi connectivity index (χ2n) is 5.19. The van der Waals surface area contributed by atoms with Gasteiger partial charge in [-0.05, 0) is 32.0 Å². The second kappa shape index (κ2) is 6.18. The molecule has 1 aliphatic carbocycles. The van der Waals surface area contributed by atoms with Crippen LogP contribution in [0.4, 0.5) is 8.78 Å². The van der Waals surface area contributed by atoms with Crippen LogP contribution in [0.15, 0.2) is 23.1 Å². The minimum absolute atomic E-state index is 0.188. The molecule has 1 aromatic rings. The van der Waals surface area contributed by atoms with Crippen LogP contribution in [-0.2, 0) is 9.84 Å². The molecule has 0 radical (unpaired) electrons. The van der Waals surface area contributed by atoms with E-state index in [4.69, 9.17) is 0 Å². The molecule has 1 aliphatic rings. The van der Waals surface area contributed by atoms with E-state index in [0.717, 1.165) is 37.8 Å². The Morgan fingerprint density at radius 1 is 1.15 bits per heavy atom. The summed E-state index contributed by atoms with van der Waals surface area (Å²) in [5.41, 5.74) is 0. The zero-order valence-corrected chi connectivity index (χ0v) is 12.2. The van der Waals surface area contributed by atoms with Crippen molar-refractivity contribution in [2.45, 2.75) is 48.3 Å². The van der Waals surface area contributed by atoms with E-state index in [9.17, 15) is 17.2 Å². The van der Waals surface area contributed by atoms with Crippen LogP contribution in [0.2, 0.25) is 0 Å². The van der Waals surface area contributed by atoms with E-state index in [1.54, 1.807) is 7.05 Å². The average molecular weight is 303 g/mol. The van der Waals surface area contributed by atoms with Crippen molar-refractivity contribution in [1.82, 2.24) is 5.32 Å². The lowest BCUT2D eigenvalue weighted by molar-refractivity contribution is 0.476. The van der Waals surface area contributed by atoms with Crippen LogP contribution in [0.5, 0.6) is 0 Å². The van der Waals surface area contributed by atoms with Gasteiger partial charge in [-0.1, -0.05) is 19.3 Å². The lowest BCUT2D eigenvalue weighted by Crippen LogP contribution is -2.42. The summed E-state index contributed by atoms with van der Waals surface area (Å²) in [4.78, 5) is -0.397. The van der Waals surface area contributed by atoms with Crippen LogP contribution in [0.3, 0.4) is 0 Å². The summed E-state index contributed by atoms with van der Waals surface area (Å²) >= 11 is 0. The highest BCUT2D eigenvalue weighted by Crippen LogP contribution is 2.29. The summed E-state index contributed by atoms with van der Waals surface area (Å²) in [6.07, 6.45) is 4.01. The fourth-order valence-corrected chi connectivity index (χ4v) is 4.94. The molecule has 2 rings (SSSR count). The van der Waals surface area contributed by atoms with Crippen molar-refractivity contribution < 1.29 is 17.2 Å². The van der Waals surface area contributed by atoms with Crippen molar-refractivity contribution in [1.29, 1.82) is 0 Å². The highest BCUT2D eigenvalue weighted by atomic mass is 32.2. The summed E-state index contributed by atoms with van der Waals surface area (Å²) in [6, 6.07) is 2.45. The molecule has 1 saturated carbocycles. The molecule has 0 bridgehead atoms. The standard InChI is InChI=1S/C14H19F2NO2S/c1-17-12-5-3-2-4-6-14(12)20(18,19)13-8-7-10(15)9-11(13)16/h7-9,12,14,17H,2-6H2,1H3. The highest BCUT2D eigenvalue weighted by Gasteiger charge is 2.36. The molecular weight excluding hydrogens is 284 g/mol. The van der Waals surface area contributed by atoms with Crippen molar-refractivity contribution in [3.05, 3.63) is 29.8 Å². The molecule has 2 atom stereocenters. The number of halogens is 2. The van der Waals surface area contributed by atoms with Crippen molar-refractivity contribution in [3.8, 4) is 0 Å². The van der Waals surface area contributed by atoms with Gasteiger partial charge < -0.3 is 5.32 Å². The fraction of sp³-hybridized carbons (Fsp3) is 0.571. The molecule has 0 saturated heterocycles. The molecule has 20 heavy (non-hydrogen) atoms. The first-order valence-corrected chi connectivity index (χ1v) is 8.37. The van der Waals surface area contributed by atoms with Crippen LogP contribution in [0.25, 0.3) is 0 Å². The van der Waals surface area contributed by atoms with Gasteiger partial charge in [-0.2, -0.15) is 0 Å². The number of hydrogen-bond donors (Lipinski definition) is 1. The quantitative estimate of drug-likeness (QED) is 0.690. The van der Waals surface area contributed by atoms with Gasteiger partial charge in [-0.3, -0.25) is 0 Å². The smallest absolute Gasteiger partial charge is 0.185 e.